The number of H-pyrrole nitrogens is 1. The maximum absolute atomic E-state index is 13.2. The summed E-state index contributed by atoms with van der Waals surface area (Å²) in [5.74, 6) is -4.81. The third kappa shape index (κ3) is 9.93. The summed E-state index contributed by atoms with van der Waals surface area (Å²) in [7, 11) is 0. The number of nitrogens with zero attached hydrogens (tertiary/aromatic N) is 1. The second-order valence-corrected chi connectivity index (χ2v) is 8.58. The highest BCUT2D eigenvalue weighted by atomic mass is 32.1. The van der Waals surface area contributed by atoms with Crippen LogP contribution in [0, 0.1) is 0 Å². The number of carboxylic acids is 2. The van der Waals surface area contributed by atoms with E-state index in [0.29, 0.717) is 11.3 Å². The van der Waals surface area contributed by atoms with E-state index in [0.717, 1.165) is 0 Å². The molecule has 0 spiro atoms. The lowest BCUT2D eigenvalue weighted by molar-refractivity contribution is -0.143. The van der Waals surface area contributed by atoms with E-state index in [1.165, 1.54) is 12.5 Å². The molecular weight excluding hydrogens is 504 g/mol. The quantitative estimate of drug-likeness (QED) is 0.129. The van der Waals surface area contributed by atoms with Crippen molar-refractivity contribution in [1.29, 1.82) is 0 Å². The molecule has 13 nitrogen and oxygen atoms in total. The van der Waals surface area contributed by atoms with Gasteiger partial charge in [-0.25, -0.2) is 9.78 Å². The number of hydrogen-bond acceptors (Lipinski definition) is 8. The number of benzene rings is 1. The number of carbonyl (C=O) groups excluding carboxylic acids is 3. The van der Waals surface area contributed by atoms with Crippen LogP contribution < -0.4 is 21.7 Å². The Labute approximate surface area is 218 Å². The highest BCUT2D eigenvalue weighted by Crippen LogP contribution is 2.07. The molecule has 37 heavy (non-hydrogen) atoms. The van der Waals surface area contributed by atoms with Gasteiger partial charge in [-0.1, -0.05) is 30.3 Å². The van der Waals surface area contributed by atoms with Crippen molar-refractivity contribution in [2.24, 2.45) is 5.73 Å². The molecular formula is C23H30N6O7S. The number of amides is 3. The van der Waals surface area contributed by atoms with Crippen LogP contribution in [0.1, 0.15) is 24.1 Å². The summed E-state index contributed by atoms with van der Waals surface area (Å²) < 4.78 is 0. The number of nitrogens with one attached hydrogen (secondary N) is 4. The Kier molecular flexibility index (Phi) is 11.6. The number of rotatable bonds is 15. The molecule has 200 valence electrons. The van der Waals surface area contributed by atoms with Crippen LogP contribution in [0.3, 0.4) is 0 Å². The summed E-state index contributed by atoms with van der Waals surface area (Å²) >= 11 is 3.99. The SMILES string of the molecule is NC(CS)C(=O)NC(Cc1ccccc1)C(=O)NC(CCC(=O)O)C(=O)NC(Cc1cnc[nH]1)C(=O)O. The summed E-state index contributed by atoms with van der Waals surface area (Å²) in [6.45, 7) is 0. The van der Waals surface area contributed by atoms with Crippen LogP contribution in [-0.4, -0.2) is 79.8 Å². The first kappa shape index (κ1) is 29.3. The zero-order valence-corrected chi connectivity index (χ0v) is 20.7. The van der Waals surface area contributed by atoms with Crippen molar-refractivity contribution < 1.29 is 34.2 Å². The Morgan fingerprint density at radius 1 is 0.919 bits per heavy atom. The minimum atomic E-state index is -1.39. The number of nitrogens with two attached hydrogens (primary N) is 1. The van der Waals surface area contributed by atoms with Gasteiger partial charge in [0.25, 0.3) is 0 Å². The first-order valence-corrected chi connectivity index (χ1v) is 12.0. The van der Waals surface area contributed by atoms with Gasteiger partial charge in [0.15, 0.2) is 0 Å². The normalized spacial score (nSPS) is 14.0. The molecule has 8 N–H and O–H groups in total. The van der Waals surface area contributed by atoms with Crippen molar-refractivity contribution in [3.63, 3.8) is 0 Å². The lowest BCUT2D eigenvalue weighted by atomic mass is 10.0. The van der Waals surface area contributed by atoms with Crippen LogP contribution in [0.15, 0.2) is 42.9 Å². The van der Waals surface area contributed by atoms with E-state index < -0.39 is 60.2 Å². The van der Waals surface area contributed by atoms with Gasteiger partial charge < -0.3 is 36.9 Å². The molecule has 2 aromatic rings. The highest BCUT2D eigenvalue weighted by molar-refractivity contribution is 7.80. The average molecular weight is 535 g/mol. The van der Waals surface area contributed by atoms with Gasteiger partial charge in [-0.05, 0) is 12.0 Å². The molecule has 4 atom stereocenters. The van der Waals surface area contributed by atoms with Crippen LogP contribution in [0.4, 0.5) is 0 Å². The zero-order chi connectivity index (χ0) is 27.4. The number of hydrogen-bond donors (Lipinski definition) is 8. The summed E-state index contributed by atoms with van der Waals surface area (Å²) in [5, 5.41) is 26.0. The topological polar surface area (TPSA) is 217 Å². The zero-order valence-electron chi connectivity index (χ0n) is 19.8. The monoisotopic (exact) mass is 534 g/mol. The van der Waals surface area contributed by atoms with E-state index in [9.17, 15) is 29.1 Å². The first-order chi connectivity index (χ1) is 17.6. The van der Waals surface area contributed by atoms with Gasteiger partial charge in [-0.2, -0.15) is 12.6 Å². The lowest BCUT2D eigenvalue weighted by Crippen LogP contribution is -2.58. The van der Waals surface area contributed by atoms with Gasteiger partial charge in [0, 0.05) is 36.9 Å². The molecule has 2 rings (SSSR count). The van der Waals surface area contributed by atoms with Crippen molar-refractivity contribution in [3.8, 4) is 0 Å². The van der Waals surface area contributed by atoms with E-state index in [-0.39, 0.29) is 25.0 Å². The maximum atomic E-state index is 13.2. The van der Waals surface area contributed by atoms with E-state index in [2.05, 4.69) is 38.5 Å². The van der Waals surface area contributed by atoms with Gasteiger partial charge in [-0.3, -0.25) is 19.2 Å². The molecule has 0 aliphatic heterocycles. The van der Waals surface area contributed by atoms with E-state index in [1.54, 1.807) is 30.3 Å². The number of aliphatic carboxylic acids is 2. The minimum Gasteiger partial charge on any atom is -0.481 e. The molecule has 0 bridgehead atoms. The third-order valence-electron chi connectivity index (χ3n) is 5.32. The van der Waals surface area contributed by atoms with Crippen molar-refractivity contribution >= 4 is 42.3 Å². The average Bonchev–Trinajstić information content (AvgIpc) is 3.38. The Hall–Kier alpha value is -3.91. The second kappa shape index (κ2) is 14.6. The van der Waals surface area contributed by atoms with Crippen LogP contribution in [0.2, 0.25) is 0 Å². The van der Waals surface area contributed by atoms with Crippen molar-refractivity contribution in [3.05, 3.63) is 54.1 Å². The minimum absolute atomic E-state index is 0.0298. The Morgan fingerprint density at radius 2 is 1.54 bits per heavy atom. The number of aromatic amines is 1. The molecule has 1 aromatic carbocycles. The van der Waals surface area contributed by atoms with Crippen LogP contribution >= 0.6 is 12.6 Å². The number of aromatic nitrogens is 2. The van der Waals surface area contributed by atoms with Crippen LogP contribution in [0.25, 0.3) is 0 Å². The lowest BCUT2D eigenvalue weighted by Gasteiger charge is -2.25. The Morgan fingerprint density at radius 3 is 2.11 bits per heavy atom. The third-order valence-corrected chi connectivity index (χ3v) is 5.72. The van der Waals surface area contributed by atoms with Gasteiger partial charge in [-0.15, -0.1) is 0 Å². The van der Waals surface area contributed by atoms with Gasteiger partial charge in [0.05, 0.1) is 12.4 Å². The molecule has 0 saturated carbocycles. The fourth-order valence-electron chi connectivity index (χ4n) is 3.32. The molecule has 4 unspecified atom stereocenters. The number of imidazole rings is 1. The first-order valence-electron chi connectivity index (χ1n) is 11.3. The highest BCUT2D eigenvalue weighted by Gasteiger charge is 2.31. The predicted octanol–water partition coefficient (Wildman–Crippen LogP) is -1.14. The summed E-state index contributed by atoms with van der Waals surface area (Å²) in [6.07, 6.45) is 1.91. The van der Waals surface area contributed by atoms with Crippen molar-refractivity contribution in [2.75, 3.05) is 5.75 Å². The van der Waals surface area contributed by atoms with E-state index >= 15 is 0 Å². The summed E-state index contributed by atoms with van der Waals surface area (Å²) in [5.41, 5.74) is 6.87. The molecule has 0 fully saturated rings. The molecule has 0 radical (unpaired) electrons. The Balaban J connectivity index is 2.21. The van der Waals surface area contributed by atoms with Crippen LogP contribution in [0.5, 0.6) is 0 Å². The summed E-state index contributed by atoms with van der Waals surface area (Å²) in [6, 6.07) is 3.87. The molecule has 0 saturated heterocycles. The fourth-order valence-corrected chi connectivity index (χ4v) is 3.48. The van der Waals surface area contributed by atoms with Gasteiger partial charge >= 0.3 is 11.9 Å². The number of carboxylic acid groups (broad SMARTS) is 2. The van der Waals surface area contributed by atoms with Gasteiger partial charge in [0.1, 0.15) is 18.1 Å². The summed E-state index contributed by atoms with van der Waals surface area (Å²) in [4.78, 5) is 67.9. The predicted molar refractivity (Wildman–Crippen MR) is 135 cm³/mol. The fraction of sp³-hybridized carbons (Fsp3) is 0.391. The van der Waals surface area contributed by atoms with Gasteiger partial charge in [0.2, 0.25) is 17.7 Å². The standard InChI is InChI=1S/C23H30N6O7S/c24-15(11-37)20(32)28-17(8-13-4-2-1-3-5-13)22(34)27-16(6-7-19(30)31)21(33)29-18(23(35)36)9-14-10-25-12-26-14/h1-5,10,12,15-18,37H,6-9,11,24H2,(H,25,26)(H,27,34)(H,28,32)(H,29,33)(H,30,31)(H,35,36). The van der Waals surface area contributed by atoms with E-state index in [4.69, 9.17) is 10.8 Å². The molecule has 14 heteroatoms. The molecule has 3 amide bonds. The largest absolute Gasteiger partial charge is 0.481 e. The molecule has 1 aromatic heterocycles. The van der Waals surface area contributed by atoms with Crippen molar-refractivity contribution in [2.45, 2.75) is 49.9 Å². The Bertz CT molecular complexity index is 1070. The number of thiol groups is 1. The molecule has 1 heterocycles. The number of carbonyl (C=O) groups is 5. The maximum Gasteiger partial charge on any atom is 0.326 e. The second-order valence-electron chi connectivity index (χ2n) is 8.21. The smallest absolute Gasteiger partial charge is 0.326 e. The molecule has 0 aliphatic carbocycles. The molecule has 0 aliphatic rings. The van der Waals surface area contributed by atoms with Crippen LogP contribution in [-0.2, 0) is 36.8 Å². The van der Waals surface area contributed by atoms with Crippen molar-refractivity contribution in [1.82, 2.24) is 25.9 Å². The van der Waals surface area contributed by atoms with E-state index in [1.807, 2.05) is 0 Å².